The topological polar surface area (TPSA) is 74.3 Å². The summed E-state index contributed by atoms with van der Waals surface area (Å²) in [6, 6.07) is 42.5. The summed E-state index contributed by atoms with van der Waals surface area (Å²) in [4.78, 5) is 27.6. The number of carbonyl (C=O) groups excluding carboxylic acids is 2. The lowest BCUT2D eigenvalue weighted by Gasteiger charge is -2.23. The molecule has 0 unspecified atom stereocenters. The van der Waals surface area contributed by atoms with Crippen LogP contribution in [0.5, 0.6) is 17.2 Å². The van der Waals surface area contributed by atoms with Gasteiger partial charge < -0.3 is 23.8 Å². The Balaban J connectivity index is 1.21. The molecule has 0 atom stereocenters. The van der Waals surface area contributed by atoms with Crippen LogP contribution in [0.3, 0.4) is 0 Å². The van der Waals surface area contributed by atoms with E-state index in [2.05, 4.69) is 0 Å². The van der Waals surface area contributed by atoms with E-state index in [1.54, 1.807) is 30.0 Å². The van der Waals surface area contributed by atoms with Gasteiger partial charge in [-0.2, -0.15) is 0 Å². The summed E-state index contributed by atoms with van der Waals surface area (Å²) < 4.78 is 23.1. The first-order valence-corrected chi connectivity index (χ1v) is 15.7. The minimum Gasteiger partial charge on any atom is -0.489 e. The highest BCUT2D eigenvalue weighted by Crippen LogP contribution is 2.21. The predicted molar refractivity (Wildman–Crippen MR) is 181 cm³/mol. The van der Waals surface area contributed by atoms with Crippen LogP contribution in [-0.4, -0.2) is 29.9 Å². The van der Waals surface area contributed by atoms with Gasteiger partial charge in [-0.05, 0) is 71.6 Å². The van der Waals surface area contributed by atoms with Gasteiger partial charge >= 0.3 is 5.97 Å². The molecule has 7 heteroatoms. The number of ether oxygens (including phenoxy) is 4. The van der Waals surface area contributed by atoms with E-state index in [4.69, 9.17) is 18.9 Å². The Bertz CT molecular complexity index is 1710. The lowest BCUT2D eigenvalue weighted by molar-refractivity contribution is -0.143. The molecule has 0 saturated carbocycles. The molecule has 5 aromatic rings. The van der Waals surface area contributed by atoms with E-state index < -0.39 is 0 Å². The maximum absolute atomic E-state index is 13.8. The van der Waals surface area contributed by atoms with Crippen LogP contribution >= 0.6 is 0 Å². The Morgan fingerprint density at radius 3 is 1.74 bits per heavy atom. The number of amides is 1. The summed E-state index contributed by atoms with van der Waals surface area (Å²) in [5, 5.41) is 0. The number of rotatable bonds is 16. The molecule has 7 nitrogen and oxygen atoms in total. The highest BCUT2D eigenvalue weighted by atomic mass is 16.5. The molecule has 0 spiro atoms. The third-order valence-corrected chi connectivity index (χ3v) is 7.36. The number of nitrogens with zero attached hydrogens (tertiary/aromatic N) is 1. The Hall–Kier alpha value is -5.56. The summed E-state index contributed by atoms with van der Waals surface area (Å²) in [7, 11) is 0. The zero-order valence-electron chi connectivity index (χ0n) is 26.5. The van der Waals surface area contributed by atoms with Crippen molar-refractivity contribution in [2.24, 2.45) is 0 Å². The van der Waals surface area contributed by atoms with Gasteiger partial charge in [0.15, 0.2) is 0 Å². The third-order valence-electron chi connectivity index (χ3n) is 7.36. The fourth-order valence-electron chi connectivity index (χ4n) is 4.90. The molecule has 0 saturated heterocycles. The van der Waals surface area contributed by atoms with Crippen molar-refractivity contribution in [1.29, 1.82) is 0 Å². The molecule has 47 heavy (non-hydrogen) atoms. The highest BCUT2D eigenvalue weighted by molar-refractivity contribution is 5.94. The summed E-state index contributed by atoms with van der Waals surface area (Å²) >= 11 is 0. The SMILES string of the molecule is CCOC(=O)CCN(Cc1ccc(OCc2ccccc2)cc1)C(=O)c1cccc(OCc2cccc(OCc3ccccc3)c2)c1. The van der Waals surface area contributed by atoms with Gasteiger partial charge in [0.1, 0.15) is 37.1 Å². The van der Waals surface area contributed by atoms with E-state index in [-0.39, 0.29) is 24.8 Å². The Morgan fingerprint density at radius 1 is 0.553 bits per heavy atom. The van der Waals surface area contributed by atoms with Gasteiger partial charge in [-0.1, -0.05) is 91.0 Å². The van der Waals surface area contributed by atoms with E-state index in [1.807, 2.05) is 115 Å². The zero-order valence-corrected chi connectivity index (χ0v) is 26.5. The minimum absolute atomic E-state index is 0.0940. The van der Waals surface area contributed by atoms with E-state index in [9.17, 15) is 9.59 Å². The summed E-state index contributed by atoms with van der Waals surface area (Å²) in [6.45, 7) is 3.85. The Kier molecular flexibility index (Phi) is 12.0. The molecule has 1 amide bonds. The average molecular weight is 630 g/mol. The van der Waals surface area contributed by atoms with Gasteiger partial charge in [-0.15, -0.1) is 0 Å². The number of benzene rings is 5. The van der Waals surface area contributed by atoms with Crippen molar-refractivity contribution >= 4 is 11.9 Å². The fraction of sp³-hybridized carbons (Fsp3) is 0.200. The maximum atomic E-state index is 13.8. The highest BCUT2D eigenvalue weighted by Gasteiger charge is 2.19. The van der Waals surface area contributed by atoms with Crippen LogP contribution in [0.15, 0.2) is 133 Å². The van der Waals surface area contributed by atoms with Crippen LogP contribution in [0.25, 0.3) is 0 Å². The van der Waals surface area contributed by atoms with E-state index >= 15 is 0 Å². The second-order valence-corrected chi connectivity index (χ2v) is 10.9. The van der Waals surface area contributed by atoms with Crippen molar-refractivity contribution in [3.05, 3.63) is 161 Å². The molecule has 0 aliphatic heterocycles. The van der Waals surface area contributed by atoms with E-state index in [0.717, 1.165) is 33.8 Å². The maximum Gasteiger partial charge on any atom is 0.307 e. The molecular weight excluding hydrogens is 590 g/mol. The first-order valence-electron chi connectivity index (χ1n) is 15.7. The van der Waals surface area contributed by atoms with Crippen molar-refractivity contribution < 1.29 is 28.5 Å². The van der Waals surface area contributed by atoms with Gasteiger partial charge in [-0.3, -0.25) is 9.59 Å². The molecule has 0 N–H and O–H groups in total. The van der Waals surface area contributed by atoms with Gasteiger partial charge in [0.05, 0.1) is 13.0 Å². The quantitative estimate of drug-likeness (QED) is 0.103. The number of esters is 1. The number of carbonyl (C=O) groups is 2. The van der Waals surface area contributed by atoms with Crippen molar-refractivity contribution in [3.8, 4) is 17.2 Å². The lowest BCUT2D eigenvalue weighted by atomic mass is 10.1. The molecule has 0 radical (unpaired) electrons. The molecule has 0 fully saturated rings. The molecule has 0 bridgehead atoms. The van der Waals surface area contributed by atoms with Crippen molar-refractivity contribution in [2.45, 2.75) is 39.7 Å². The second kappa shape index (κ2) is 17.2. The van der Waals surface area contributed by atoms with Crippen molar-refractivity contribution in [1.82, 2.24) is 4.90 Å². The second-order valence-electron chi connectivity index (χ2n) is 10.9. The largest absolute Gasteiger partial charge is 0.489 e. The molecular formula is C40H39NO6. The van der Waals surface area contributed by atoms with Crippen molar-refractivity contribution in [2.75, 3.05) is 13.2 Å². The molecule has 5 rings (SSSR count). The smallest absolute Gasteiger partial charge is 0.307 e. The first kappa shape index (κ1) is 32.8. The minimum atomic E-state index is -0.345. The van der Waals surface area contributed by atoms with Crippen LogP contribution in [0, 0.1) is 0 Å². The van der Waals surface area contributed by atoms with Gasteiger partial charge in [0.2, 0.25) is 0 Å². The lowest BCUT2D eigenvalue weighted by Crippen LogP contribution is -2.33. The van der Waals surface area contributed by atoms with Gasteiger partial charge in [0, 0.05) is 18.7 Å². The van der Waals surface area contributed by atoms with Crippen LogP contribution in [0.4, 0.5) is 0 Å². The molecule has 0 aliphatic rings. The van der Waals surface area contributed by atoms with E-state index in [1.165, 1.54) is 0 Å². The fourth-order valence-corrected chi connectivity index (χ4v) is 4.90. The average Bonchev–Trinajstić information content (AvgIpc) is 3.12. The zero-order chi connectivity index (χ0) is 32.7. The van der Waals surface area contributed by atoms with Crippen LogP contribution in [0.2, 0.25) is 0 Å². The number of hydrogen-bond donors (Lipinski definition) is 0. The molecule has 0 heterocycles. The molecule has 0 aromatic heterocycles. The summed E-state index contributed by atoms with van der Waals surface area (Å²) in [6.07, 6.45) is 0.0940. The first-order chi connectivity index (χ1) is 23.1. The molecule has 0 aliphatic carbocycles. The normalized spacial score (nSPS) is 10.6. The predicted octanol–water partition coefficient (Wildman–Crippen LogP) is 8.02. The summed E-state index contributed by atoms with van der Waals surface area (Å²) in [5.74, 6) is 1.51. The van der Waals surface area contributed by atoms with E-state index in [0.29, 0.717) is 44.3 Å². The van der Waals surface area contributed by atoms with Crippen LogP contribution in [-0.2, 0) is 35.9 Å². The molecule has 5 aromatic carbocycles. The standard InChI is InChI=1S/C40H39NO6/c1-2-44-39(42)23-24-41(27-31-19-21-36(22-20-31)45-28-32-11-5-3-6-12-32)40(43)35-16-10-18-38(26-35)47-30-34-15-9-17-37(25-34)46-29-33-13-7-4-8-14-33/h3-22,25-26H,2,23-24,27-30H2,1H3. The van der Waals surface area contributed by atoms with Gasteiger partial charge in [0.25, 0.3) is 5.91 Å². The Morgan fingerprint density at radius 2 is 1.11 bits per heavy atom. The van der Waals surface area contributed by atoms with Crippen LogP contribution in [0.1, 0.15) is 46.0 Å². The van der Waals surface area contributed by atoms with Crippen molar-refractivity contribution in [3.63, 3.8) is 0 Å². The summed E-state index contributed by atoms with van der Waals surface area (Å²) in [5.41, 5.74) is 4.50. The monoisotopic (exact) mass is 629 g/mol. The molecule has 240 valence electrons. The number of hydrogen-bond acceptors (Lipinski definition) is 6. The third kappa shape index (κ3) is 10.5. The Labute approximate surface area is 276 Å². The van der Waals surface area contributed by atoms with Crippen LogP contribution < -0.4 is 14.2 Å². The van der Waals surface area contributed by atoms with Gasteiger partial charge in [-0.25, -0.2) is 0 Å².